The third-order valence-corrected chi connectivity index (χ3v) is 4.20. The van der Waals surface area contributed by atoms with Crippen LogP contribution in [0.5, 0.6) is 0 Å². The zero-order valence-corrected chi connectivity index (χ0v) is 14.9. The molecule has 3 rings (SSSR count). The van der Waals surface area contributed by atoms with Crippen LogP contribution in [0.2, 0.25) is 5.02 Å². The highest BCUT2D eigenvalue weighted by molar-refractivity contribution is 6.30. The van der Waals surface area contributed by atoms with Gasteiger partial charge in [-0.3, -0.25) is 4.79 Å². The predicted octanol–water partition coefficient (Wildman–Crippen LogP) is 2.13. The van der Waals surface area contributed by atoms with Crippen LogP contribution in [0, 0.1) is 6.92 Å². The molecule has 0 radical (unpaired) electrons. The highest BCUT2D eigenvalue weighted by atomic mass is 35.5. The summed E-state index contributed by atoms with van der Waals surface area (Å²) in [5.74, 6) is 1.43. The van der Waals surface area contributed by atoms with Crippen molar-refractivity contribution >= 4 is 23.3 Å². The molecule has 25 heavy (non-hydrogen) atoms. The maximum Gasteiger partial charge on any atom is 0.224 e. The number of aryl methyl sites for hydroxylation is 1. The summed E-state index contributed by atoms with van der Waals surface area (Å²) in [5.41, 5.74) is 1.81. The lowest BCUT2D eigenvalue weighted by Gasteiger charge is -2.28. The molecular weight excluding hydrogens is 340 g/mol. The summed E-state index contributed by atoms with van der Waals surface area (Å²) >= 11 is 5.85. The fourth-order valence-electron chi connectivity index (χ4n) is 2.67. The van der Waals surface area contributed by atoms with E-state index >= 15 is 0 Å². The second kappa shape index (κ2) is 8.27. The molecule has 0 bridgehead atoms. The zero-order chi connectivity index (χ0) is 17.6. The molecule has 1 aliphatic rings. The first-order valence-electron chi connectivity index (χ1n) is 8.28. The number of ether oxygens (including phenoxy) is 1. The molecule has 1 fully saturated rings. The summed E-state index contributed by atoms with van der Waals surface area (Å²) in [5, 5.41) is 3.54. The molecule has 0 atom stereocenters. The average molecular weight is 361 g/mol. The van der Waals surface area contributed by atoms with E-state index in [1.54, 1.807) is 12.1 Å². The molecule has 1 aromatic carbocycles. The number of hydrogen-bond acceptors (Lipinski definition) is 5. The number of amides is 1. The fourth-order valence-corrected chi connectivity index (χ4v) is 2.80. The third-order valence-electron chi connectivity index (χ3n) is 3.94. The predicted molar refractivity (Wildman–Crippen MR) is 96.8 cm³/mol. The standard InChI is InChI=1S/C18H21ClN4O2/c1-13-10-17(23-6-8-25-9-7-23)22-16(21-13)12-20-18(24)11-14-2-4-15(19)5-3-14/h2-5,10H,6-9,11-12H2,1H3,(H,20,24). The Labute approximate surface area is 152 Å². The van der Waals surface area contributed by atoms with E-state index in [2.05, 4.69) is 20.2 Å². The first-order chi connectivity index (χ1) is 12.1. The lowest BCUT2D eigenvalue weighted by atomic mass is 10.1. The largest absolute Gasteiger partial charge is 0.378 e. The lowest BCUT2D eigenvalue weighted by Crippen LogP contribution is -2.37. The number of halogens is 1. The van der Waals surface area contributed by atoms with Gasteiger partial charge in [0.25, 0.3) is 0 Å². The number of carbonyl (C=O) groups excluding carboxylic acids is 1. The van der Waals surface area contributed by atoms with Crippen molar-refractivity contribution in [1.29, 1.82) is 0 Å². The van der Waals surface area contributed by atoms with E-state index in [1.807, 2.05) is 25.1 Å². The van der Waals surface area contributed by atoms with E-state index in [0.29, 0.717) is 37.0 Å². The minimum atomic E-state index is -0.0691. The summed E-state index contributed by atoms with van der Waals surface area (Å²) in [6.07, 6.45) is 0.305. The Morgan fingerprint density at radius 3 is 2.68 bits per heavy atom. The van der Waals surface area contributed by atoms with E-state index in [4.69, 9.17) is 16.3 Å². The van der Waals surface area contributed by atoms with Gasteiger partial charge in [-0.2, -0.15) is 0 Å². The van der Waals surface area contributed by atoms with Gasteiger partial charge in [-0.05, 0) is 24.6 Å². The molecule has 6 nitrogen and oxygen atoms in total. The molecule has 2 heterocycles. The molecule has 1 saturated heterocycles. The van der Waals surface area contributed by atoms with Crippen LogP contribution in [-0.2, 0) is 22.5 Å². The van der Waals surface area contributed by atoms with Gasteiger partial charge < -0.3 is 15.0 Å². The minimum absolute atomic E-state index is 0.0691. The molecule has 1 amide bonds. The quantitative estimate of drug-likeness (QED) is 0.884. The number of rotatable bonds is 5. The Bertz CT molecular complexity index is 730. The number of carbonyl (C=O) groups is 1. The number of morpholine rings is 1. The van der Waals surface area contributed by atoms with Crippen LogP contribution >= 0.6 is 11.6 Å². The van der Waals surface area contributed by atoms with Gasteiger partial charge in [0, 0.05) is 29.9 Å². The van der Waals surface area contributed by atoms with Crippen molar-refractivity contribution < 1.29 is 9.53 Å². The number of hydrogen-bond donors (Lipinski definition) is 1. The van der Waals surface area contributed by atoms with Gasteiger partial charge in [0.2, 0.25) is 5.91 Å². The molecule has 1 aromatic heterocycles. The number of nitrogens with one attached hydrogen (secondary N) is 1. The zero-order valence-electron chi connectivity index (χ0n) is 14.2. The number of anilines is 1. The molecule has 1 N–H and O–H groups in total. The van der Waals surface area contributed by atoms with Crippen LogP contribution < -0.4 is 10.2 Å². The minimum Gasteiger partial charge on any atom is -0.378 e. The summed E-state index contributed by atoms with van der Waals surface area (Å²) < 4.78 is 5.37. The molecule has 1 aliphatic heterocycles. The summed E-state index contributed by atoms with van der Waals surface area (Å²) in [4.78, 5) is 23.3. The second-order valence-electron chi connectivity index (χ2n) is 5.96. The van der Waals surface area contributed by atoms with Gasteiger partial charge in [0.1, 0.15) is 11.6 Å². The van der Waals surface area contributed by atoms with Crippen molar-refractivity contribution in [2.24, 2.45) is 0 Å². The monoisotopic (exact) mass is 360 g/mol. The van der Waals surface area contributed by atoms with Crippen molar-refractivity contribution in [2.45, 2.75) is 19.9 Å². The molecule has 0 unspecified atom stereocenters. The third kappa shape index (κ3) is 5.14. The number of aromatic nitrogens is 2. The van der Waals surface area contributed by atoms with Crippen LogP contribution in [0.15, 0.2) is 30.3 Å². The van der Waals surface area contributed by atoms with E-state index in [-0.39, 0.29) is 5.91 Å². The first kappa shape index (κ1) is 17.6. The van der Waals surface area contributed by atoms with E-state index in [9.17, 15) is 4.79 Å². The average Bonchev–Trinajstić information content (AvgIpc) is 2.62. The smallest absolute Gasteiger partial charge is 0.224 e. The van der Waals surface area contributed by atoms with Gasteiger partial charge in [0.15, 0.2) is 0 Å². The Balaban J connectivity index is 1.59. The molecule has 0 saturated carbocycles. The highest BCUT2D eigenvalue weighted by Gasteiger charge is 2.14. The maximum atomic E-state index is 12.1. The lowest BCUT2D eigenvalue weighted by molar-refractivity contribution is -0.120. The molecule has 132 valence electrons. The van der Waals surface area contributed by atoms with Crippen LogP contribution in [0.25, 0.3) is 0 Å². The molecular formula is C18H21ClN4O2. The Kier molecular flexibility index (Phi) is 5.83. The maximum absolute atomic E-state index is 12.1. The van der Waals surface area contributed by atoms with Crippen molar-refractivity contribution in [2.75, 3.05) is 31.2 Å². The Morgan fingerprint density at radius 1 is 1.24 bits per heavy atom. The van der Waals surface area contributed by atoms with Crippen LogP contribution in [0.3, 0.4) is 0 Å². The topological polar surface area (TPSA) is 67.3 Å². The van der Waals surface area contributed by atoms with Crippen LogP contribution in [0.1, 0.15) is 17.1 Å². The molecule has 2 aromatic rings. The molecule has 0 spiro atoms. The van der Waals surface area contributed by atoms with Gasteiger partial charge >= 0.3 is 0 Å². The Hall–Kier alpha value is -2.18. The first-order valence-corrected chi connectivity index (χ1v) is 8.66. The van der Waals surface area contributed by atoms with Gasteiger partial charge in [-0.15, -0.1) is 0 Å². The number of benzene rings is 1. The van der Waals surface area contributed by atoms with Gasteiger partial charge in [0.05, 0.1) is 26.2 Å². The van der Waals surface area contributed by atoms with Crippen molar-refractivity contribution in [1.82, 2.24) is 15.3 Å². The molecule has 7 heteroatoms. The van der Waals surface area contributed by atoms with Gasteiger partial charge in [-0.1, -0.05) is 23.7 Å². The number of nitrogens with zero attached hydrogens (tertiary/aromatic N) is 3. The summed E-state index contributed by atoms with van der Waals surface area (Å²) in [7, 11) is 0. The SMILES string of the molecule is Cc1cc(N2CCOCC2)nc(CNC(=O)Cc2ccc(Cl)cc2)n1. The summed E-state index contributed by atoms with van der Waals surface area (Å²) in [6, 6.07) is 9.22. The van der Waals surface area contributed by atoms with Gasteiger partial charge in [-0.25, -0.2) is 9.97 Å². The van der Waals surface area contributed by atoms with E-state index < -0.39 is 0 Å². The fraction of sp³-hybridized carbons (Fsp3) is 0.389. The van der Waals surface area contributed by atoms with E-state index in [1.165, 1.54) is 0 Å². The van der Waals surface area contributed by atoms with E-state index in [0.717, 1.165) is 30.2 Å². The van der Waals surface area contributed by atoms with Crippen molar-refractivity contribution in [3.63, 3.8) is 0 Å². The second-order valence-corrected chi connectivity index (χ2v) is 6.40. The Morgan fingerprint density at radius 2 is 1.96 bits per heavy atom. The summed E-state index contributed by atoms with van der Waals surface area (Å²) in [6.45, 7) is 5.29. The highest BCUT2D eigenvalue weighted by Crippen LogP contribution is 2.14. The van der Waals surface area contributed by atoms with Crippen LogP contribution in [-0.4, -0.2) is 42.2 Å². The van der Waals surface area contributed by atoms with Crippen LogP contribution in [0.4, 0.5) is 5.82 Å². The van der Waals surface area contributed by atoms with Crippen molar-refractivity contribution in [3.8, 4) is 0 Å². The molecule has 0 aliphatic carbocycles. The normalized spacial score (nSPS) is 14.4. The van der Waals surface area contributed by atoms with Crippen molar-refractivity contribution in [3.05, 3.63) is 52.4 Å².